The molecule has 148 valence electrons. The molecule has 0 radical (unpaired) electrons. The number of nitrogens with zero attached hydrogens (tertiary/aromatic N) is 2. The normalized spacial score (nSPS) is 18.0. The number of nitrogens with one attached hydrogen (secondary N) is 1. The van der Waals surface area contributed by atoms with Gasteiger partial charge in [-0.05, 0) is 29.5 Å². The summed E-state index contributed by atoms with van der Waals surface area (Å²) in [6.07, 6.45) is 1.58. The molecule has 0 unspecified atom stereocenters. The fourth-order valence-corrected chi connectivity index (χ4v) is 4.90. The molecular weight excluding hydrogens is 378 g/mol. The first-order valence-electron chi connectivity index (χ1n) is 9.25. The minimum atomic E-state index is -2.56. The molecule has 1 aliphatic heterocycles. The van der Waals surface area contributed by atoms with Gasteiger partial charge in [0.2, 0.25) is 0 Å². The number of benzene rings is 1. The average molecular weight is 401 g/mol. The number of carbonyl (C=O) groups excluding carboxylic acids is 1. The molecule has 1 amide bonds. The van der Waals surface area contributed by atoms with Crippen molar-refractivity contribution < 1.29 is 13.9 Å². The summed E-state index contributed by atoms with van der Waals surface area (Å²) in [6, 6.07) is 7.14. The highest BCUT2D eigenvalue weighted by Gasteiger charge is 2.26. The Morgan fingerprint density at radius 3 is 2.57 bits per heavy atom. The molecule has 3 N–H and O–H groups in total. The van der Waals surface area contributed by atoms with Crippen molar-refractivity contribution in [2.24, 2.45) is 0 Å². The first kappa shape index (κ1) is 18.9. The monoisotopic (exact) mass is 401 g/mol. The molecule has 2 aromatic heterocycles. The third kappa shape index (κ3) is 3.28. The molecule has 0 saturated carbocycles. The van der Waals surface area contributed by atoms with E-state index in [9.17, 15) is 18.7 Å². The van der Waals surface area contributed by atoms with Gasteiger partial charge in [0.15, 0.2) is 0 Å². The fourth-order valence-electron chi connectivity index (χ4n) is 3.67. The smallest absolute Gasteiger partial charge is 0.258 e. The third-order valence-corrected chi connectivity index (χ3v) is 6.87. The lowest BCUT2D eigenvalue weighted by atomic mass is 9.97. The van der Waals surface area contributed by atoms with Crippen LogP contribution in [0.2, 0.25) is 0 Å². The summed E-state index contributed by atoms with van der Waals surface area (Å²) in [5.74, 6) is 0.410. The fraction of sp³-hybridized carbons (Fsp3) is 0.350. The van der Waals surface area contributed by atoms with Crippen LogP contribution in [0.15, 0.2) is 35.3 Å². The summed E-state index contributed by atoms with van der Waals surface area (Å²) < 4.78 is 19.5. The standard InChI is InChI=1S/C20H23N3O4S/c1-12(2)18-14-4-3-13(20(25)23-7-9-28(26,27)10-8-23)11-15(14)17-16(22-18)5-6-21-19(17)24/h3-6,11-12,26-27H,7-10H2,1-2H3,(H,21,24). The molecule has 4 rings (SSSR count). The van der Waals surface area contributed by atoms with E-state index in [1.165, 1.54) is 0 Å². The topological polar surface area (TPSA) is 107 Å². The molecule has 7 nitrogen and oxygen atoms in total. The Morgan fingerprint density at radius 2 is 1.89 bits per heavy atom. The summed E-state index contributed by atoms with van der Waals surface area (Å²) in [7, 11) is -2.56. The molecule has 28 heavy (non-hydrogen) atoms. The van der Waals surface area contributed by atoms with Crippen molar-refractivity contribution >= 4 is 38.2 Å². The number of hydrogen-bond donors (Lipinski definition) is 3. The number of H-pyrrole nitrogens is 1. The van der Waals surface area contributed by atoms with Gasteiger partial charge in [0.25, 0.3) is 11.5 Å². The van der Waals surface area contributed by atoms with Gasteiger partial charge in [0, 0.05) is 30.2 Å². The van der Waals surface area contributed by atoms with Gasteiger partial charge < -0.3 is 9.88 Å². The summed E-state index contributed by atoms with van der Waals surface area (Å²) in [5, 5.41) is 2.05. The zero-order chi connectivity index (χ0) is 20.1. The zero-order valence-corrected chi connectivity index (χ0v) is 16.6. The van der Waals surface area contributed by atoms with Gasteiger partial charge in [0.05, 0.1) is 28.1 Å². The summed E-state index contributed by atoms with van der Waals surface area (Å²) in [5.41, 5.74) is 1.74. The highest BCUT2D eigenvalue weighted by molar-refractivity contribution is 8.24. The maximum atomic E-state index is 13.0. The molecule has 3 heterocycles. The van der Waals surface area contributed by atoms with Gasteiger partial charge in [0.1, 0.15) is 0 Å². The van der Waals surface area contributed by atoms with Crippen LogP contribution in [0.3, 0.4) is 0 Å². The molecule has 1 aliphatic rings. The molecule has 0 spiro atoms. The van der Waals surface area contributed by atoms with Crippen LogP contribution in [0.4, 0.5) is 0 Å². The quantitative estimate of drug-likeness (QED) is 0.571. The number of hydrogen-bond acceptors (Lipinski definition) is 5. The first-order chi connectivity index (χ1) is 13.3. The number of rotatable bonds is 2. The van der Waals surface area contributed by atoms with Gasteiger partial charge in [-0.3, -0.25) is 23.7 Å². The lowest BCUT2D eigenvalue weighted by Crippen LogP contribution is -2.42. The van der Waals surface area contributed by atoms with Crippen LogP contribution in [0.25, 0.3) is 21.7 Å². The van der Waals surface area contributed by atoms with E-state index in [-0.39, 0.29) is 28.9 Å². The van der Waals surface area contributed by atoms with Crippen LogP contribution in [-0.4, -0.2) is 54.5 Å². The van der Waals surface area contributed by atoms with Crippen LogP contribution in [-0.2, 0) is 0 Å². The van der Waals surface area contributed by atoms with Gasteiger partial charge in [-0.25, -0.2) is 0 Å². The predicted octanol–water partition coefficient (Wildman–Crippen LogP) is 3.41. The minimum Gasteiger partial charge on any atom is -0.336 e. The number of carbonyl (C=O) groups is 1. The van der Waals surface area contributed by atoms with E-state index in [2.05, 4.69) is 9.97 Å². The highest BCUT2D eigenvalue weighted by Crippen LogP contribution is 2.40. The molecule has 0 bridgehead atoms. The molecule has 0 aliphatic carbocycles. The largest absolute Gasteiger partial charge is 0.336 e. The van der Waals surface area contributed by atoms with E-state index in [0.717, 1.165) is 11.1 Å². The Balaban J connectivity index is 1.85. The molecule has 0 atom stereocenters. The maximum absolute atomic E-state index is 13.0. The van der Waals surface area contributed by atoms with Crippen LogP contribution in [0, 0.1) is 0 Å². The SMILES string of the molecule is CC(C)c1nc2cc[nH]c(=O)c2c2cc(C(=O)N3CCS(O)(O)CC3)ccc12. The number of aromatic amines is 1. The Hall–Kier alpha value is -2.42. The molecular formula is C20H23N3O4S. The third-order valence-electron chi connectivity index (χ3n) is 5.20. The first-order valence-corrected chi connectivity index (χ1v) is 11.1. The predicted molar refractivity (Wildman–Crippen MR) is 112 cm³/mol. The molecule has 8 heteroatoms. The second kappa shape index (κ2) is 6.88. The Morgan fingerprint density at radius 1 is 1.18 bits per heavy atom. The Kier molecular flexibility index (Phi) is 4.65. The van der Waals surface area contributed by atoms with Crippen molar-refractivity contribution in [1.29, 1.82) is 0 Å². The molecule has 3 aromatic rings. The van der Waals surface area contributed by atoms with Crippen LogP contribution in [0.1, 0.15) is 35.8 Å². The number of amides is 1. The van der Waals surface area contributed by atoms with Crippen LogP contribution < -0.4 is 5.56 Å². The number of pyridine rings is 2. The number of aromatic nitrogens is 2. The van der Waals surface area contributed by atoms with Gasteiger partial charge >= 0.3 is 0 Å². The van der Waals surface area contributed by atoms with E-state index in [4.69, 9.17) is 0 Å². The second-order valence-corrected chi connectivity index (χ2v) is 9.90. The second-order valence-electron chi connectivity index (χ2n) is 7.48. The molecule has 1 saturated heterocycles. The van der Waals surface area contributed by atoms with Gasteiger partial charge in [-0.1, -0.05) is 19.9 Å². The van der Waals surface area contributed by atoms with Crippen LogP contribution in [0.5, 0.6) is 0 Å². The lowest BCUT2D eigenvalue weighted by Gasteiger charge is -2.40. The highest BCUT2D eigenvalue weighted by atomic mass is 32.3. The van der Waals surface area contributed by atoms with Gasteiger partial charge in [-0.15, -0.1) is 0 Å². The van der Waals surface area contributed by atoms with Crippen LogP contribution >= 0.6 is 10.6 Å². The lowest BCUT2D eigenvalue weighted by molar-refractivity contribution is 0.0768. The van der Waals surface area contributed by atoms with E-state index < -0.39 is 10.6 Å². The van der Waals surface area contributed by atoms with E-state index in [0.29, 0.717) is 34.9 Å². The summed E-state index contributed by atoms with van der Waals surface area (Å²) in [4.78, 5) is 34.5. The van der Waals surface area contributed by atoms with Crippen molar-refractivity contribution in [2.75, 3.05) is 24.6 Å². The summed E-state index contributed by atoms with van der Waals surface area (Å²) >= 11 is 0. The van der Waals surface area contributed by atoms with E-state index >= 15 is 0 Å². The Labute approximate surface area is 163 Å². The average Bonchev–Trinajstić information content (AvgIpc) is 2.66. The maximum Gasteiger partial charge on any atom is 0.258 e. The number of fused-ring (bicyclic) bond motifs is 3. The zero-order valence-electron chi connectivity index (χ0n) is 15.8. The molecule has 1 aromatic carbocycles. The van der Waals surface area contributed by atoms with Crippen molar-refractivity contribution in [3.63, 3.8) is 0 Å². The minimum absolute atomic E-state index is 0.166. The van der Waals surface area contributed by atoms with Crippen molar-refractivity contribution in [2.45, 2.75) is 19.8 Å². The summed E-state index contributed by atoms with van der Waals surface area (Å²) in [6.45, 7) is 4.72. The molecule has 1 fully saturated rings. The van der Waals surface area contributed by atoms with E-state index in [1.807, 2.05) is 19.9 Å². The van der Waals surface area contributed by atoms with Gasteiger partial charge in [-0.2, -0.15) is 10.6 Å². The van der Waals surface area contributed by atoms with Crippen molar-refractivity contribution in [1.82, 2.24) is 14.9 Å². The van der Waals surface area contributed by atoms with Crippen molar-refractivity contribution in [3.8, 4) is 0 Å². The van der Waals surface area contributed by atoms with E-state index in [1.54, 1.807) is 29.3 Å². The Bertz CT molecular complexity index is 1130. The van der Waals surface area contributed by atoms with Crippen molar-refractivity contribution in [3.05, 3.63) is 52.1 Å².